The van der Waals surface area contributed by atoms with Crippen LogP contribution >= 0.6 is 23.7 Å². The maximum atomic E-state index is 12.3. The van der Waals surface area contributed by atoms with Gasteiger partial charge in [0.05, 0.1) is 17.8 Å². The maximum Gasteiger partial charge on any atom is 0.246 e. The predicted molar refractivity (Wildman–Crippen MR) is 98.0 cm³/mol. The fraction of sp³-hybridized carbons (Fsp3) is 0.412. The zero-order valence-corrected chi connectivity index (χ0v) is 14.8. The Kier molecular flexibility index (Phi) is 4.80. The molecule has 0 saturated heterocycles. The van der Waals surface area contributed by atoms with Crippen LogP contribution in [0.2, 0.25) is 0 Å². The van der Waals surface area contributed by atoms with E-state index in [-0.39, 0.29) is 18.3 Å². The lowest BCUT2D eigenvalue weighted by molar-refractivity contribution is -0.121. The molecule has 3 N–H and O–H groups in total. The third-order valence-electron chi connectivity index (χ3n) is 4.66. The molecule has 1 aliphatic carbocycles. The Hall–Kier alpha value is -1.63. The van der Waals surface area contributed by atoms with Gasteiger partial charge in [0.15, 0.2) is 5.13 Å². The van der Waals surface area contributed by atoms with Crippen LogP contribution in [0.15, 0.2) is 23.6 Å². The number of nitrogens with one attached hydrogen (secondary N) is 1. The molecule has 2 aliphatic rings. The highest BCUT2D eigenvalue weighted by Crippen LogP contribution is 2.33. The summed E-state index contributed by atoms with van der Waals surface area (Å²) in [7, 11) is 0. The molecule has 1 amide bonds. The topological polar surface area (TPSA) is 77.2 Å². The van der Waals surface area contributed by atoms with Gasteiger partial charge >= 0.3 is 0 Å². The standard InChI is InChI=1S/C17H19N3O2S.ClH/c18-17(6-1-2-7-17)15(21)20-16-19-13(10-23-16)11-3-4-14-12(9-11)5-8-22-14;/h3-4,9-10H,1-2,5-8,18H2,(H,19,20,21);1H. The highest BCUT2D eigenvalue weighted by Gasteiger charge is 2.37. The number of hydrogen-bond acceptors (Lipinski definition) is 5. The van der Waals surface area contributed by atoms with Crippen molar-refractivity contribution in [2.45, 2.75) is 37.6 Å². The number of aromatic nitrogens is 1. The normalized spacial score (nSPS) is 17.7. The smallest absolute Gasteiger partial charge is 0.246 e. The summed E-state index contributed by atoms with van der Waals surface area (Å²) in [6.07, 6.45) is 4.48. The van der Waals surface area contributed by atoms with E-state index in [0.29, 0.717) is 5.13 Å². The first-order chi connectivity index (χ1) is 11.1. The average Bonchev–Trinajstić information content (AvgIpc) is 3.26. The number of hydrogen-bond donors (Lipinski definition) is 2. The number of ether oxygens (including phenoxy) is 1. The summed E-state index contributed by atoms with van der Waals surface area (Å²) < 4.78 is 5.53. The van der Waals surface area contributed by atoms with Crippen molar-refractivity contribution in [3.8, 4) is 17.0 Å². The molecule has 2 aromatic rings. The number of nitrogens with zero attached hydrogens (tertiary/aromatic N) is 1. The summed E-state index contributed by atoms with van der Waals surface area (Å²) in [6, 6.07) is 6.11. The highest BCUT2D eigenvalue weighted by atomic mass is 35.5. The van der Waals surface area contributed by atoms with Crippen LogP contribution in [0, 0.1) is 0 Å². The van der Waals surface area contributed by atoms with E-state index in [9.17, 15) is 4.79 Å². The van der Waals surface area contributed by atoms with E-state index in [1.165, 1.54) is 16.9 Å². The van der Waals surface area contributed by atoms with E-state index in [1.54, 1.807) is 0 Å². The molecule has 5 nitrogen and oxygen atoms in total. The summed E-state index contributed by atoms with van der Waals surface area (Å²) in [5.41, 5.74) is 8.59. The molecular weight excluding hydrogens is 346 g/mol. The van der Waals surface area contributed by atoms with E-state index in [2.05, 4.69) is 16.4 Å². The van der Waals surface area contributed by atoms with Gasteiger partial charge in [-0.25, -0.2) is 4.98 Å². The molecule has 1 aromatic heterocycles. The Morgan fingerprint density at radius 3 is 2.92 bits per heavy atom. The Morgan fingerprint density at radius 2 is 2.12 bits per heavy atom. The van der Waals surface area contributed by atoms with Gasteiger partial charge in [0.2, 0.25) is 5.91 Å². The van der Waals surface area contributed by atoms with Crippen molar-refractivity contribution in [2.75, 3.05) is 11.9 Å². The summed E-state index contributed by atoms with van der Waals surface area (Å²) in [5.74, 6) is 0.849. The first kappa shape index (κ1) is 17.2. The molecule has 4 rings (SSSR count). The number of carbonyl (C=O) groups is 1. The largest absolute Gasteiger partial charge is 0.493 e. The summed E-state index contributed by atoms with van der Waals surface area (Å²) in [6.45, 7) is 0.746. The van der Waals surface area contributed by atoms with Gasteiger partial charge in [0, 0.05) is 17.4 Å². The summed E-state index contributed by atoms with van der Waals surface area (Å²) in [5, 5.41) is 5.46. The van der Waals surface area contributed by atoms with Gasteiger partial charge in [-0.05, 0) is 36.6 Å². The molecule has 1 aliphatic heterocycles. The van der Waals surface area contributed by atoms with Crippen molar-refractivity contribution >= 4 is 34.8 Å². The zero-order valence-electron chi connectivity index (χ0n) is 13.2. The lowest BCUT2D eigenvalue weighted by atomic mass is 9.98. The SMILES string of the molecule is Cl.NC1(C(=O)Nc2nc(-c3ccc4c(c3)CCO4)cs2)CCCC1. The number of benzene rings is 1. The molecule has 0 atom stereocenters. The third kappa shape index (κ3) is 3.14. The van der Waals surface area contributed by atoms with Crippen LogP contribution in [-0.4, -0.2) is 23.0 Å². The Morgan fingerprint density at radius 1 is 1.33 bits per heavy atom. The highest BCUT2D eigenvalue weighted by molar-refractivity contribution is 7.14. The first-order valence-corrected chi connectivity index (χ1v) is 8.84. The predicted octanol–water partition coefficient (Wildman–Crippen LogP) is 3.38. The molecule has 1 fully saturated rings. The molecule has 7 heteroatoms. The van der Waals surface area contributed by atoms with E-state index >= 15 is 0 Å². The van der Waals surface area contributed by atoms with Crippen molar-refractivity contribution in [2.24, 2.45) is 5.73 Å². The van der Waals surface area contributed by atoms with Gasteiger partial charge in [-0.3, -0.25) is 4.79 Å². The number of halogens is 1. The van der Waals surface area contributed by atoms with Crippen LogP contribution in [0.25, 0.3) is 11.3 Å². The van der Waals surface area contributed by atoms with Crippen LogP contribution in [0.1, 0.15) is 31.2 Å². The minimum atomic E-state index is -0.725. The zero-order chi connectivity index (χ0) is 15.9. The lowest BCUT2D eigenvalue weighted by Gasteiger charge is -2.21. The number of amides is 1. The Balaban J connectivity index is 0.00000169. The van der Waals surface area contributed by atoms with Crippen molar-refractivity contribution in [3.63, 3.8) is 0 Å². The third-order valence-corrected chi connectivity index (χ3v) is 5.42. The Bertz CT molecular complexity index is 756. The number of thiazole rings is 1. The molecule has 0 bridgehead atoms. The van der Waals surface area contributed by atoms with Crippen LogP contribution in [-0.2, 0) is 11.2 Å². The fourth-order valence-corrected chi connectivity index (χ4v) is 3.98. The van der Waals surface area contributed by atoms with Crippen molar-refractivity contribution in [3.05, 3.63) is 29.1 Å². The van der Waals surface area contributed by atoms with Crippen molar-refractivity contribution < 1.29 is 9.53 Å². The molecule has 0 radical (unpaired) electrons. The molecule has 24 heavy (non-hydrogen) atoms. The first-order valence-electron chi connectivity index (χ1n) is 7.96. The minimum absolute atomic E-state index is 0. The maximum absolute atomic E-state index is 12.3. The van der Waals surface area contributed by atoms with E-state index in [1.807, 2.05) is 17.5 Å². The average molecular weight is 366 g/mol. The monoisotopic (exact) mass is 365 g/mol. The minimum Gasteiger partial charge on any atom is -0.493 e. The molecular formula is C17H20ClN3O2S. The van der Waals surface area contributed by atoms with Crippen LogP contribution in [0.5, 0.6) is 5.75 Å². The molecule has 1 saturated carbocycles. The number of anilines is 1. The van der Waals surface area contributed by atoms with E-state index < -0.39 is 5.54 Å². The molecule has 0 unspecified atom stereocenters. The van der Waals surface area contributed by atoms with Gasteiger partial charge in [-0.1, -0.05) is 12.8 Å². The van der Waals surface area contributed by atoms with Crippen LogP contribution in [0.3, 0.4) is 0 Å². The summed E-state index contributed by atoms with van der Waals surface area (Å²) >= 11 is 1.43. The lowest BCUT2D eigenvalue weighted by Crippen LogP contribution is -2.48. The van der Waals surface area contributed by atoms with Gasteiger partial charge in [0.25, 0.3) is 0 Å². The van der Waals surface area contributed by atoms with Crippen LogP contribution in [0.4, 0.5) is 5.13 Å². The second kappa shape index (κ2) is 6.70. The number of carbonyl (C=O) groups excluding carboxylic acids is 1. The van der Waals surface area contributed by atoms with Crippen molar-refractivity contribution in [1.29, 1.82) is 0 Å². The van der Waals surface area contributed by atoms with Gasteiger partial charge < -0.3 is 15.8 Å². The van der Waals surface area contributed by atoms with Gasteiger partial charge in [0.1, 0.15) is 5.75 Å². The summed E-state index contributed by atoms with van der Waals surface area (Å²) in [4.78, 5) is 16.9. The van der Waals surface area contributed by atoms with Crippen LogP contribution < -0.4 is 15.8 Å². The number of nitrogens with two attached hydrogens (primary N) is 1. The van der Waals surface area contributed by atoms with E-state index in [4.69, 9.17) is 10.5 Å². The van der Waals surface area contributed by atoms with Crippen molar-refractivity contribution in [1.82, 2.24) is 4.98 Å². The number of fused-ring (bicyclic) bond motifs is 1. The van der Waals surface area contributed by atoms with Gasteiger partial charge in [-0.15, -0.1) is 23.7 Å². The molecule has 0 spiro atoms. The van der Waals surface area contributed by atoms with E-state index in [0.717, 1.165) is 55.7 Å². The second-order valence-corrected chi connectivity index (χ2v) is 7.13. The second-order valence-electron chi connectivity index (χ2n) is 6.28. The Labute approximate surface area is 151 Å². The molecule has 2 heterocycles. The fourth-order valence-electron chi connectivity index (χ4n) is 3.26. The quantitative estimate of drug-likeness (QED) is 0.874. The van der Waals surface area contributed by atoms with Gasteiger partial charge in [-0.2, -0.15) is 0 Å². The molecule has 1 aromatic carbocycles. The molecule has 128 valence electrons. The number of rotatable bonds is 3.